The van der Waals surface area contributed by atoms with E-state index in [2.05, 4.69) is 26.5 Å². The Hall–Kier alpha value is -2.77. The molecule has 1 aromatic rings. The third kappa shape index (κ3) is 4.02. The molecule has 2 N–H and O–H groups in total. The number of piperidine rings is 1. The van der Waals surface area contributed by atoms with E-state index in [0.717, 1.165) is 37.4 Å². The van der Waals surface area contributed by atoms with Crippen LogP contribution in [0.1, 0.15) is 39.2 Å². The van der Waals surface area contributed by atoms with Gasteiger partial charge in [-0.25, -0.2) is 4.79 Å². The highest BCUT2D eigenvalue weighted by atomic mass is 16.6. The van der Waals surface area contributed by atoms with Crippen LogP contribution in [-0.4, -0.2) is 55.2 Å². The van der Waals surface area contributed by atoms with Crippen molar-refractivity contribution in [1.29, 1.82) is 0 Å². The van der Waals surface area contributed by atoms with E-state index in [9.17, 15) is 14.4 Å². The van der Waals surface area contributed by atoms with E-state index in [1.165, 1.54) is 5.56 Å². The fraction of sp³-hybridized carbons (Fsp3) is 0.571. The van der Waals surface area contributed by atoms with Gasteiger partial charge in [0.05, 0.1) is 6.04 Å². The second-order valence-corrected chi connectivity index (χ2v) is 8.93. The molecule has 0 bridgehead atoms. The lowest BCUT2D eigenvalue weighted by molar-refractivity contribution is -0.134. The Morgan fingerprint density at radius 2 is 1.90 bits per heavy atom. The molecule has 3 aliphatic rings. The van der Waals surface area contributed by atoms with Crippen molar-refractivity contribution in [3.63, 3.8) is 0 Å². The molecule has 1 aromatic carbocycles. The van der Waals surface area contributed by atoms with Gasteiger partial charge in [0.1, 0.15) is 11.6 Å². The van der Waals surface area contributed by atoms with Crippen LogP contribution >= 0.6 is 0 Å². The van der Waals surface area contributed by atoms with Crippen LogP contribution in [0.5, 0.6) is 0 Å². The molecule has 156 valence electrons. The number of nitrogens with one attached hydrogen (secondary N) is 2. The number of ether oxygens (including phenoxy) is 1. The topological polar surface area (TPSA) is 91.0 Å². The number of amides is 3. The summed E-state index contributed by atoms with van der Waals surface area (Å²) in [5, 5.41) is 5.37. The van der Waals surface area contributed by atoms with E-state index in [0.29, 0.717) is 12.8 Å². The van der Waals surface area contributed by atoms with E-state index in [1.54, 1.807) is 0 Å². The molecule has 3 heterocycles. The third-order valence-electron chi connectivity index (χ3n) is 5.57. The molecule has 0 aliphatic carbocycles. The zero-order chi connectivity index (χ0) is 20.8. The maximum absolute atomic E-state index is 12.3. The lowest BCUT2D eigenvalue weighted by atomic mass is 10.0. The number of hydrogen-bond acceptors (Lipinski definition) is 6. The first-order chi connectivity index (χ1) is 13.7. The van der Waals surface area contributed by atoms with Gasteiger partial charge in [0, 0.05) is 43.0 Å². The highest BCUT2D eigenvalue weighted by molar-refractivity contribution is 6.02. The van der Waals surface area contributed by atoms with Crippen LogP contribution in [0, 0.1) is 0 Å². The van der Waals surface area contributed by atoms with E-state index in [-0.39, 0.29) is 30.0 Å². The molecule has 0 unspecified atom stereocenters. The number of benzene rings is 1. The summed E-state index contributed by atoms with van der Waals surface area (Å²) < 4.78 is 5.32. The van der Waals surface area contributed by atoms with E-state index >= 15 is 0 Å². The van der Waals surface area contributed by atoms with Gasteiger partial charge in [-0.3, -0.25) is 14.9 Å². The fourth-order valence-electron chi connectivity index (χ4n) is 4.28. The predicted octanol–water partition coefficient (Wildman–Crippen LogP) is 1.57. The van der Waals surface area contributed by atoms with Crippen molar-refractivity contribution in [2.75, 3.05) is 29.4 Å². The molecule has 29 heavy (non-hydrogen) atoms. The molecule has 4 rings (SSSR count). The largest absolute Gasteiger partial charge is 0.444 e. The summed E-state index contributed by atoms with van der Waals surface area (Å²) in [5.74, 6) is -0.395. The van der Waals surface area contributed by atoms with Crippen molar-refractivity contribution >= 4 is 29.3 Å². The number of carbonyl (C=O) groups is 3. The Bertz CT molecular complexity index is 842. The molecule has 0 radical (unpaired) electrons. The minimum atomic E-state index is -0.507. The zero-order valence-corrected chi connectivity index (χ0v) is 17.2. The molecule has 8 heteroatoms. The average molecular weight is 400 g/mol. The third-order valence-corrected chi connectivity index (χ3v) is 5.57. The highest BCUT2D eigenvalue weighted by Gasteiger charge is 2.37. The number of carbonyl (C=O) groups excluding carboxylic acids is 3. The van der Waals surface area contributed by atoms with Gasteiger partial charge in [-0.2, -0.15) is 0 Å². The standard InChI is InChI=1S/C21H28N4O4/c1-21(2,3)29-20(28)22-13-11-24(12-13)15-5-4-6-16-14(15)9-10-25(16)17-7-8-18(26)23-19(17)27/h4-6,13,17H,7-12H2,1-3H3,(H,22,28)(H,23,26,27)/t17-/m0/s1. The summed E-state index contributed by atoms with van der Waals surface area (Å²) >= 11 is 0. The molecule has 8 nitrogen and oxygen atoms in total. The quantitative estimate of drug-likeness (QED) is 0.749. The van der Waals surface area contributed by atoms with E-state index in [1.807, 2.05) is 32.9 Å². The van der Waals surface area contributed by atoms with Gasteiger partial charge in [0.15, 0.2) is 0 Å². The van der Waals surface area contributed by atoms with Crippen LogP contribution in [0.4, 0.5) is 16.2 Å². The minimum absolute atomic E-state index is 0.0633. The lowest BCUT2D eigenvalue weighted by Crippen LogP contribution is -2.60. The number of anilines is 2. The van der Waals surface area contributed by atoms with Gasteiger partial charge < -0.3 is 19.9 Å². The van der Waals surface area contributed by atoms with Gasteiger partial charge >= 0.3 is 6.09 Å². The summed E-state index contributed by atoms with van der Waals surface area (Å²) in [6.45, 7) is 7.78. The Kier molecular flexibility index (Phi) is 4.88. The van der Waals surface area contributed by atoms with Crippen molar-refractivity contribution < 1.29 is 19.1 Å². The van der Waals surface area contributed by atoms with Crippen molar-refractivity contribution in [3.05, 3.63) is 23.8 Å². The first-order valence-electron chi connectivity index (χ1n) is 10.2. The number of rotatable bonds is 3. The predicted molar refractivity (Wildman–Crippen MR) is 109 cm³/mol. The van der Waals surface area contributed by atoms with Crippen LogP contribution in [0.25, 0.3) is 0 Å². The molecule has 2 saturated heterocycles. The Labute approximate surface area is 170 Å². The van der Waals surface area contributed by atoms with Crippen LogP contribution < -0.4 is 20.4 Å². The average Bonchev–Trinajstić information content (AvgIpc) is 3.00. The molecule has 0 aromatic heterocycles. The number of alkyl carbamates (subject to hydrolysis) is 1. The van der Waals surface area contributed by atoms with Crippen molar-refractivity contribution in [2.45, 2.75) is 57.7 Å². The summed E-state index contributed by atoms with van der Waals surface area (Å²) in [7, 11) is 0. The maximum atomic E-state index is 12.3. The molecule has 0 spiro atoms. The van der Waals surface area contributed by atoms with Crippen LogP contribution in [0.2, 0.25) is 0 Å². The van der Waals surface area contributed by atoms with Gasteiger partial charge in [-0.15, -0.1) is 0 Å². The van der Waals surface area contributed by atoms with Gasteiger partial charge in [-0.1, -0.05) is 6.07 Å². The SMILES string of the molecule is CC(C)(C)OC(=O)NC1CN(c2cccc3c2CCN3[C@H]2CCC(=O)NC2=O)C1. The number of nitrogens with zero attached hydrogens (tertiary/aromatic N) is 2. The number of imide groups is 1. The minimum Gasteiger partial charge on any atom is -0.444 e. The first kappa shape index (κ1) is 19.5. The maximum Gasteiger partial charge on any atom is 0.407 e. The smallest absolute Gasteiger partial charge is 0.407 e. The van der Waals surface area contributed by atoms with Crippen molar-refractivity contribution in [2.24, 2.45) is 0 Å². The summed E-state index contributed by atoms with van der Waals surface area (Å²) in [6.07, 6.45) is 1.42. The number of fused-ring (bicyclic) bond motifs is 1. The van der Waals surface area contributed by atoms with Gasteiger partial charge in [0.25, 0.3) is 0 Å². The molecule has 2 fully saturated rings. The Balaban J connectivity index is 1.41. The van der Waals surface area contributed by atoms with Crippen molar-refractivity contribution in [1.82, 2.24) is 10.6 Å². The monoisotopic (exact) mass is 400 g/mol. The second kappa shape index (κ2) is 7.24. The van der Waals surface area contributed by atoms with E-state index in [4.69, 9.17) is 4.74 Å². The lowest BCUT2D eigenvalue weighted by Gasteiger charge is -2.42. The number of hydrogen-bond donors (Lipinski definition) is 2. The zero-order valence-electron chi connectivity index (χ0n) is 17.2. The molecule has 0 saturated carbocycles. The molecule has 3 aliphatic heterocycles. The first-order valence-corrected chi connectivity index (χ1v) is 10.2. The molecule has 1 atom stereocenters. The molecular formula is C21H28N4O4. The summed E-state index contributed by atoms with van der Waals surface area (Å²) in [6, 6.07) is 5.92. The van der Waals surface area contributed by atoms with Crippen molar-refractivity contribution in [3.8, 4) is 0 Å². The second-order valence-electron chi connectivity index (χ2n) is 8.93. The Morgan fingerprint density at radius 1 is 1.17 bits per heavy atom. The van der Waals surface area contributed by atoms with Crippen LogP contribution in [0.15, 0.2) is 18.2 Å². The fourth-order valence-corrected chi connectivity index (χ4v) is 4.28. The normalized spacial score (nSPS) is 22.1. The summed E-state index contributed by atoms with van der Waals surface area (Å²) in [4.78, 5) is 40.1. The Morgan fingerprint density at radius 3 is 2.59 bits per heavy atom. The van der Waals surface area contributed by atoms with E-state index < -0.39 is 5.60 Å². The summed E-state index contributed by atoms with van der Waals surface area (Å²) in [5.41, 5.74) is 2.95. The molecule has 3 amide bonds. The van der Waals surface area contributed by atoms with Gasteiger partial charge in [0.2, 0.25) is 11.8 Å². The molecular weight excluding hydrogens is 372 g/mol. The highest BCUT2D eigenvalue weighted by Crippen LogP contribution is 2.39. The van der Waals surface area contributed by atoms with Gasteiger partial charge in [-0.05, 0) is 45.7 Å². The van der Waals surface area contributed by atoms with Crippen LogP contribution in [-0.2, 0) is 20.7 Å². The van der Waals surface area contributed by atoms with Crippen LogP contribution in [0.3, 0.4) is 0 Å².